The molecule has 0 bridgehead atoms. The summed E-state index contributed by atoms with van der Waals surface area (Å²) in [6.07, 6.45) is 4.49. The van der Waals surface area contributed by atoms with Gasteiger partial charge in [0.2, 0.25) is 0 Å². The molecule has 0 N–H and O–H groups in total. The number of amides is 1. The molecule has 1 fully saturated rings. The first-order valence-electron chi connectivity index (χ1n) is 7.01. The number of fused-ring (bicyclic) bond motifs is 1. The molecule has 0 spiro atoms. The van der Waals surface area contributed by atoms with Gasteiger partial charge in [-0.25, -0.2) is 4.79 Å². The van der Waals surface area contributed by atoms with Gasteiger partial charge in [-0.15, -0.1) is 0 Å². The van der Waals surface area contributed by atoms with Crippen LogP contribution in [0, 0.1) is 0 Å². The van der Waals surface area contributed by atoms with Crippen LogP contribution in [-0.2, 0) is 14.3 Å². The van der Waals surface area contributed by atoms with Crippen LogP contribution in [-0.4, -0.2) is 48.2 Å². The molecule has 2 atom stereocenters. The molecule has 0 unspecified atom stereocenters. The van der Waals surface area contributed by atoms with Gasteiger partial charge >= 0.3 is 6.09 Å². The Balaban J connectivity index is 2.27. The lowest BCUT2D eigenvalue weighted by Crippen LogP contribution is -2.54. The molecule has 0 aromatic carbocycles. The van der Waals surface area contributed by atoms with Crippen molar-refractivity contribution in [3.05, 3.63) is 11.6 Å². The van der Waals surface area contributed by atoms with E-state index in [1.807, 2.05) is 26.8 Å². The monoisotopic (exact) mass is 281 g/mol. The molecule has 5 nitrogen and oxygen atoms in total. The maximum atomic E-state index is 12.4. The number of aldehydes is 1. The standard InChI is InChI=1S/C15H23NO4/c1-14(2,3)20-13(18)16-8-7-11-5-6-12(19-4)9-15(11,16)10-17/h5,10,12H,6-9H2,1-4H3/t12-,15+/m0/s1. The van der Waals surface area contributed by atoms with Crippen LogP contribution < -0.4 is 0 Å². The van der Waals surface area contributed by atoms with Gasteiger partial charge in [-0.3, -0.25) is 4.90 Å². The fourth-order valence-corrected chi connectivity index (χ4v) is 2.98. The summed E-state index contributed by atoms with van der Waals surface area (Å²) in [4.78, 5) is 25.7. The Bertz CT molecular complexity index is 438. The van der Waals surface area contributed by atoms with Crippen LogP contribution >= 0.6 is 0 Å². The normalized spacial score (nSPS) is 29.7. The summed E-state index contributed by atoms with van der Waals surface area (Å²) < 4.78 is 10.8. The predicted octanol–water partition coefficient (Wildman–Crippen LogP) is 2.30. The van der Waals surface area contributed by atoms with Gasteiger partial charge in [0.15, 0.2) is 0 Å². The quantitative estimate of drug-likeness (QED) is 0.575. The van der Waals surface area contributed by atoms with E-state index in [-0.39, 0.29) is 6.10 Å². The van der Waals surface area contributed by atoms with Crippen molar-refractivity contribution in [1.29, 1.82) is 0 Å². The number of likely N-dealkylation sites (tertiary alicyclic amines) is 1. The highest BCUT2D eigenvalue weighted by Crippen LogP contribution is 2.42. The van der Waals surface area contributed by atoms with Crippen molar-refractivity contribution >= 4 is 12.4 Å². The van der Waals surface area contributed by atoms with Crippen LogP contribution in [0.15, 0.2) is 11.6 Å². The Morgan fingerprint density at radius 2 is 2.20 bits per heavy atom. The average molecular weight is 281 g/mol. The van der Waals surface area contributed by atoms with E-state index in [1.165, 1.54) is 0 Å². The van der Waals surface area contributed by atoms with E-state index in [0.29, 0.717) is 13.0 Å². The van der Waals surface area contributed by atoms with E-state index in [4.69, 9.17) is 9.47 Å². The zero-order valence-electron chi connectivity index (χ0n) is 12.6. The van der Waals surface area contributed by atoms with E-state index < -0.39 is 17.2 Å². The second kappa shape index (κ2) is 5.20. The summed E-state index contributed by atoms with van der Waals surface area (Å²) in [7, 11) is 1.63. The smallest absolute Gasteiger partial charge is 0.411 e. The van der Waals surface area contributed by atoms with Crippen LogP contribution in [0.3, 0.4) is 0 Å². The highest BCUT2D eigenvalue weighted by molar-refractivity contribution is 5.82. The number of carbonyl (C=O) groups is 2. The molecule has 5 heteroatoms. The number of rotatable bonds is 2. The summed E-state index contributed by atoms with van der Waals surface area (Å²) in [5.74, 6) is 0. The van der Waals surface area contributed by atoms with Crippen LogP contribution in [0.25, 0.3) is 0 Å². The lowest BCUT2D eigenvalue weighted by Gasteiger charge is -2.39. The third-order valence-corrected chi connectivity index (χ3v) is 3.95. The van der Waals surface area contributed by atoms with Gasteiger partial charge in [0, 0.05) is 20.1 Å². The Morgan fingerprint density at radius 3 is 2.75 bits per heavy atom. The van der Waals surface area contributed by atoms with Crippen molar-refractivity contribution in [1.82, 2.24) is 4.90 Å². The van der Waals surface area contributed by atoms with Crippen LogP contribution in [0.4, 0.5) is 4.79 Å². The Hall–Kier alpha value is -1.36. The molecule has 1 heterocycles. The zero-order chi connectivity index (χ0) is 15.0. The van der Waals surface area contributed by atoms with Crippen LogP contribution in [0.1, 0.15) is 40.0 Å². The largest absolute Gasteiger partial charge is 0.444 e. The second-order valence-electron chi connectivity index (χ2n) is 6.45. The first-order valence-corrected chi connectivity index (χ1v) is 7.01. The zero-order valence-corrected chi connectivity index (χ0v) is 12.6. The highest BCUT2D eigenvalue weighted by atomic mass is 16.6. The molecule has 0 radical (unpaired) electrons. The summed E-state index contributed by atoms with van der Waals surface area (Å²) in [6, 6.07) is 0. The molecule has 1 amide bonds. The van der Waals surface area contributed by atoms with Crippen LogP contribution in [0.5, 0.6) is 0 Å². The van der Waals surface area contributed by atoms with Crippen molar-refractivity contribution < 1.29 is 19.1 Å². The van der Waals surface area contributed by atoms with E-state index in [2.05, 4.69) is 0 Å². The number of ether oxygens (including phenoxy) is 2. The van der Waals surface area contributed by atoms with Crippen molar-refractivity contribution in [2.24, 2.45) is 0 Å². The maximum Gasteiger partial charge on any atom is 0.411 e. The van der Waals surface area contributed by atoms with Crippen molar-refractivity contribution in [3.8, 4) is 0 Å². The second-order valence-corrected chi connectivity index (χ2v) is 6.45. The lowest BCUT2D eigenvalue weighted by molar-refractivity contribution is -0.117. The molecule has 1 aliphatic carbocycles. The third-order valence-electron chi connectivity index (χ3n) is 3.95. The van der Waals surface area contributed by atoms with Gasteiger partial charge in [-0.05, 0) is 39.2 Å². The molecule has 1 saturated heterocycles. The van der Waals surface area contributed by atoms with E-state index in [9.17, 15) is 9.59 Å². The molecule has 112 valence electrons. The number of hydrogen-bond donors (Lipinski definition) is 0. The molecule has 1 aliphatic heterocycles. The molecule has 2 aliphatic rings. The van der Waals surface area contributed by atoms with Crippen molar-refractivity contribution in [2.75, 3.05) is 13.7 Å². The SMILES string of the molecule is CO[C@H]1CC=C2CCN(C(=O)OC(C)(C)C)[C@@]2(C=O)C1. The first-order chi connectivity index (χ1) is 9.32. The number of methoxy groups -OCH3 is 1. The first kappa shape index (κ1) is 15.0. The van der Waals surface area contributed by atoms with E-state index >= 15 is 0 Å². The molecule has 0 aromatic rings. The highest BCUT2D eigenvalue weighted by Gasteiger charge is 2.51. The fraction of sp³-hybridized carbons (Fsp3) is 0.733. The van der Waals surface area contributed by atoms with Crippen molar-refractivity contribution in [3.63, 3.8) is 0 Å². The topological polar surface area (TPSA) is 55.8 Å². The third kappa shape index (κ3) is 2.59. The van der Waals surface area contributed by atoms with Crippen LogP contribution in [0.2, 0.25) is 0 Å². The van der Waals surface area contributed by atoms with Gasteiger partial charge in [0.1, 0.15) is 17.4 Å². The van der Waals surface area contributed by atoms with Gasteiger partial charge in [0.25, 0.3) is 0 Å². The minimum Gasteiger partial charge on any atom is -0.444 e. The molecular weight excluding hydrogens is 258 g/mol. The molecule has 20 heavy (non-hydrogen) atoms. The number of hydrogen-bond acceptors (Lipinski definition) is 4. The van der Waals surface area contributed by atoms with Gasteiger partial charge in [-0.1, -0.05) is 6.08 Å². The Morgan fingerprint density at radius 1 is 1.50 bits per heavy atom. The minimum absolute atomic E-state index is 0.0352. The minimum atomic E-state index is -0.874. The Labute approximate surface area is 119 Å². The van der Waals surface area contributed by atoms with Gasteiger partial charge < -0.3 is 14.3 Å². The Kier molecular flexibility index (Phi) is 3.91. The number of nitrogens with zero attached hydrogens (tertiary/aromatic N) is 1. The van der Waals surface area contributed by atoms with E-state index in [1.54, 1.807) is 12.0 Å². The molecule has 0 aromatic heterocycles. The summed E-state index contributed by atoms with van der Waals surface area (Å²) >= 11 is 0. The summed E-state index contributed by atoms with van der Waals surface area (Å²) in [5, 5.41) is 0. The fourth-order valence-electron chi connectivity index (χ4n) is 2.98. The maximum absolute atomic E-state index is 12.4. The van der Waals surface area contributed by atoms with Gasteiger partial charge in [0.05, 0.1) is 6.10 Å². The number of carbonyl (C=O) groups excluding carboxylic acids is 2. The lowest BCUT2D eigenvalue weighted by atomic mass is 9.80. The van der Waals surface area contributed by atoms with E-state index in [0.717, 1.165) is 24.7 Å². The summed E-state index contributed by atoms with van der Waals surface area (Å²) in [6.45, 7) is 5.99. The predicted molar refractivity (Wildman–Crippen MR) is 74.5 cm³/mol. The van der Waals surface area contributed by atoms with Gasteiger partial charge in [-0.2, -0.15) is 0 Å². The molecule has 2 rings (SSSR count). The average Bonchev–Trinajstić information content (AvgIpc) is 2.75. The molecular formula is C15H23NO4. The molecule has 0 saturated carbocycles. The van der Waals surface area contributed by atoms with Crippen molar-refractivity contribution in [2.45, 2.75) is 57.3 Å². The summed E-state index contributed by atoms with van der Waals surface area (Å²) in [5.41, 5.74) is -0.420.